The molecule has 76 valence electrons. The van der Waals surface area contributed by atoms with Crippen molar-refractivity contribution in [2.75, 3.05) is 0 Å². The molecule has 2 atom stereocenters. The molecule has 0 N–H and O–H groups in total. The highest BCUT2D eigenvalue weighted by Crippen LogP contribution is 2.36. The van der Waals surface area contributed by atoms with Crippen LogP contribution < -0.4 is 4.74 Å². The number of benzene rings is 1. The van der Waals surface area contributed by atoms with Crippen LogP contribution in [0.5, 0.6) is 5.75 Å². The average Bonchev–Trinajstić information content (AvgIpc) is 2.16. The van der Waals surface area contributed by atoms with Crippen molar-refractivity contribution in [3.8, 4) is 5.75 Å². The predicted molar refractivity (Wildman–Crippen MR) is 54.1 cm³/mol. The Labute approximate surface area is 83.9 Å². The third-order valence-corrected chi connectivity index (χ3v) is 2.87. The van der Waals surface area contributed by atoms with E-state index in [0.29, 0.717) is 5.92 Å². The minimum Gasteiger partial charge on any atom is -0.490 e. The van der Waals surface area contributed by atoms with Crippen LogP contribution in [0, 0.1) is 5.82 Å². The lowest BCUT2D eigenvalue weighted by molar-refractivity contribution is 0.157. The molecule has 0 aliphatic carbocycles. The van der Waals surface area contributed by atoms with E-state index in [2.05, 4.69) is 13.8 Å². The maximum absolute atomic E-state index is 13.0. The normalized spacial score (nSPS) is 25.4. The van der Waals surface area contributed by atoms with Crippen LogP contribution in [-0.4, -0.2) is 6.10 Å². The Morgan fingerprint density at radius 2 is 2.29 bits per heavy atom. The summed E-state index contributed by atoms with van der Waals surface area (Å²) in [5, 5.41) is 0. The number of hydrogen-bond acceptors (Lipinski definition) is 1. The fourth-order valence-corrected chi connectivity index (χ4v) is 2.02. The fourth-order valence-electron chi connectivity index (χ4n) is 2.02. The highest BCUT2D eigenvalue weighted by molar-refractivity contribution is 5.38. The van der Waals surface area contributed by atoms with Crippen molar-refractivity contribution in [2.24, 2.45) is 0 Å². The van der Waals surface area contributed by atoms with Crippen molar-refractivity contribution in [1.29, 1.82) is 0 Å². The SMILES string of the molecule is CCC1C[C@H](C)c2ccc(F)cc2O1. The molecule has 1 unspecified atom stereocenters. The van der Waals surface area contributed by atoms with Crippen molar-refractivity contribution in [1.82, 2.24) is 0 Å². The zero-order chi connectivity index (χ0) is 10.1. The second-order valence-electron chi connectivity index (χ2n) is 3.97. The standard InChI is InChI=1S/C12H15FO/c1-3-10-6-8(2)11-5-4-9(13)7-12(11)14-10/h4-5,7-8,10H,3,6H2,1-2H3/t8-,10?/m0/s1. The summed E-state index contributed by atoms with van der Waals surface area (Å²) in [5.41, 5.74) is 1.14. The zero-order valence-electron chi connectivity index (χ0n) is 8.59. The summed E-state index contributed by atoms with van der Waals surface area (Å²) >= 11 is 0. The van der Waals surface area contributed by atoms with Crippen molar-refractivity contribution in [2.45, 2.75) is 38.7 Å². The van der Waals surface area contributed by atoms with Gasteiger partial charge in [0.25, 0.3) is 0 Å². The van der Waals surface area contributed by atoms with Crippen LogP contribution in [-0.2, 0) is 0 Å². The summed E-state index contributed by atoms with van der Waals surface area (Å²) in [7, 11) is 0. The van der Waals surface area contributed by atoms with Crippen molar-refractivity contribution < 1.29 is 9.13 Å². The van der Waals surface area contributed by atoms with Crippen LogP contribution in [0.4, 0.5) is 4.39 Å². The topological polar surface area (TPSA) is 9.23 Å². The molecule has 1 heterocycles. The molecule has 0 saturated carbocycles. The van der Waals surface area contributed by atoms with E-state index in [0.717, 1.165) is 24.2 Å². The van der Waals surface area contributed by atoms with Gasteiger partial charge in [-0.25, -0.2) is 4.39 Å². The van der Waals surface area contributed by atoms with E-state index >= 15 is 0 Å². The van der Waals surface area contributed by atoms with E-state index in [1.54, 1.807) is 0 Å². The lowest BCUT2D eigenvalue weighted by atomic mass is 9.91. The van der Waals surface area contributed by atoms with E-state index < -0.39 is 0 Å². The molecule has 1 nitrogen and oxygen atoms in total. The van der Waals surface area contributed by atoms with E-state index in [1.165, 1.54) is 12.1 Å². The number of rotatable bonds is 1. The Morgan fingerprint density at radius 1 is 1.50 bits per heavy atom. The molecule has 1 aliphatic heterocycles. The molecule has 2 heteroatoms. The first-order valence-corrected chi connectivity index (χ1v) is 5.16. The first-order chi connectivity index (χ1) is 6.70. The number of hydrogen-bond donors (Lipinski definition) is 0. The van der Waals surface area contributed by atoms with Crippen molar-refractivity contribution >= 4 is 0 Å². The lowest BCUT2D eigenvalue weighted by Crippen LogP contribution is -2.23. The smallest absolute Gasteiger partial charge is 0.126 e. The van der Waals surface area contributed by atoms with E-state index in [-0.39, 0.29) is 11.9 Å². The van der Waals surface area contributed by atoms with Gasteiger partial charge in [0.15, 0.2) is 0 Å². The number of ether oxygens (including phenoxy) is 1. The van der Waals surface area contributed by atoms with E-state index in [1.807, 2.05) is 6.07 Å². The van der Waals surface area contributed by atoms with Gasteiger partial charge in [-0.05, 0) is 30.4 Å². The minimum atomic E-state index is -0.215. The Kier molecular flexibility index (Phi) is 2.44. The Balaban J connectivity index is 2.35. The summed E-state index contributed by atoms with van der Waals surface area (Å²) in [6.07, 6.45) is 2.27. The molecular weight excluding hydrogens is 179 g/mol. The molecule has 0 fully saturated rings. The molecule has 0 aromatic heterocycles. The molecular formula is C12H15FO. The first kappa shape index (κ1) is 9.50. The van der Waals surface area contributed by atoms with E-state index in [4.69, 9.17) is 4.74 Å². The van der Waals surface area contributed by atoms with Gasteiger partial charge in [0.1, 0.15) is 11.6 Å². The third-order valence-electron chi connectivity index (χ3n) is 2.87. The molecule has 0 bridgehead atoms. The first-order valence-electron chi connectivity index (χ1n) is 5.16. The summed E-state index contributed by atoms with van der Waals surface area (Å²) in [6, 6.07) is 4.83. The van der Waals surface area contributed by atoms with Crippen LogP contribution in [0.1, 0.15) is 38.2 Å². The zero-order valence-corrected chi connectivity index (χ0v) is 8.59. The molecule has 0 spiro atoms. The number of fused-ring (bicyclic) bond motifs is 1. The summed E-state index contributed by atoms with van der Waals surface area (Å²) in [5.74, 6) is 0.993. The highest BCUT2D eigenvalue weighted by Gasteiger charge is 2.24. The van der Waals surface area contributed by atoms with Gasteiger partial charge in [-0.1, -0.05) is 19.9 Å². The van der Waals surface area contributed by atoms with Crippen molar-refractivity contribution in [3.63, 3.8) is 0 Å². The Hall–Kier alpha value is -1.05. The third kappa shape index (κ3) is 1.61. The Bertz CT molecular complexity index is 335. The highest BCUT2D eigenvalue weighted by atomic mass is 19.1. The molecule has 2 rings (SSSR count). The lowest BCUT2D eigenvalue weighted by Gasteiger charge is -2.29. The minimum absolute atomic E-state index is 0.215. The summed E-state index contributed by atoms with van der Waals surface area (Å²) in [6.45, 7) is 4.27. The quantitative estimate of drug-likeness (QED) is 0.665. The monoisotopic (exact) mass is 194 g/mol. The van der Waals surface area contributed by atoms with Gasteiger partial charge < -0.3 is 4.74 Å². The van der Waals surface area contributed by atoms with E-state index in [9.17, 15) is 4.39 Å². The van der Waals surface area contributed by atoms with Gasteiger partial charge in [-0.3, -0.25) is 0 Å². The largest absolute Gasteiger partial charge is 0.490 e. The Morgan fingerprint density at radius 3 is 3.00 bits per heavy atom. The maximum Gasteiger partial charge on any atom is 0.126 e. The number of halogens is 1. The second kappa shape index (κ2) is 3.60. The van der Waals surface area contributed by atoms with Crippen LogP contribution >= 0.6 is 0 Å². The van der Waals surface area contributed by atoms with Crippen LogP contribution in [0.3, 0.4) is 0 Å². The fraction of sp³-hybridized carbons (Fsp3) is 0.500. The van der Waals surface area contributed by atoms with Crippen LogP contribution in [0.15, 0.2) is 18.2 Å². The molecule has 0 radical (unpaired) electrons. The summed E-state index contributed by atoms with van der Waals surface area (Å²) < 4.78 is 18.7. The van der Waals surface area contributed by atoms with Gasteiger partial charge in [-0.2, -0.15) is 0 Å². The molecule has 0 saturated heterocycles. The summed E-state index contributed by atoms with van der Waals surface area (Å²) in [4.78, 5) is 0. The van der Waals surface area contributed by atoms with Gasteiger partial charge in [0.05, 0.1) is 6.10 Å². The van der Waals surface area contributed by atoms with Gasteiger partial charge >= 0.3 is 0 Å². The van der Waals surface area contributed by atoms with Crippen LogP contribution in [0.25, 0.3) is 0 Å². The maximum atomic E-state index is 13.0. The van der Waals surface area contributed by atoms with Crippen molar-refractivity contribution in [3.05, 3.63) is 29.6 Å². The molecule has 1 aromatic carbocycles. The molecule has 1 aromatic rings. The van der Waals surface area contributed by atoms with Gasteiger partial charge in [-0.15, -0.1) is 0 Å². The van der Waals surface area contributed by atoms with Gasteiger partial charge in [0.2, 0.25) is 0 Å². The molecule has 14 heavy (non-hydrogen) atoms. The second-order valence-corrected chi connectivity index (χ2v) is 3.97. The van der Waals surface area contributed by atoms with Crippen LogP contribution in [0.2, 0.25) is 0 Å². The molecule has 1 aliphatic rings. The average molecular weight is 194 g/mol. The predicted octanol–water partition coefficient (Wildman–Crippen LogP) is 3.49. The molecule has 0 amide bonds. The van der Waals surface area contributed by atoms with Gasteiger partial charge in [0, 0.05) is 6.07 Å².